The highest BCUT2D eigenvalue weighted by molar-refractivity contribution is 6.31. The first kappa shape index (κ1) is 16.9. The molecule has 5 heteroatoms. The maximum Gasteiger partial charge on any atom is 0.134 e. The van der Waals surface area contributed by atoms with Crippen molar-refractivity contribution in [3.8, 4) is 0 Å². The van der Waals surface area contributed by atoms with Gasteiger partial charge in [-0.25, -0.2) is 9.97 Å². The average molecular weight is 365 g/mol. The molecule has 1 N–H and O–H groups in total. The Morgan fingerprint density at radius 2 is 1.81 bits per heavy atom. The highest BCUT2D eigenvalue weighted by Gasteiger charge is 2.18. The molecule has 0 amide bonds. The van der Waals surface area contributed by atoms with Crippen molar-refractivity contribution >= 4 is 23.2 Å². The van der Waals surface area contributed by atoms with Crippen LogP contribution in [-0.4, -0.2) is 16.5 Å². The summed E-state index contributed by atoms with van der Waals surface area (Å²) in [6.45, 7) is 4.43. The second-order valence-electron chi connectivity index (χ2n) is 6.54. The van der Waals surface area contributed by atoms with Crippen LogP contribution < -0.4 is 10.2 Å². The van der Waals surface area contributed by atoms with Gasteiger partial charge in [0.05, 0.1) is 0 Å². The van der Waals surface area contributed by atoms with Crippen molar-refractivity contribution in [3.63, 3.8) is 0 Å². The lowest BCUT2D eigenvalue weighted by Gasteiger charge is -2.30. The molecule has 0 atom stereocenters. The van der Waals surface area contributed by atoms with Crippen LogP contribution in [0.2, 0.25) is 5.02 Å². The van der Waals surface area contributed by atoms with Gasteiger partial charge in [0, 0.05) is 30.7 Å². The minimum Gasteiger partial charge on any atom is -0.366 e. The molecule has 3 aromatic rings. The summed E-state index contributed by atoms with van der Waals surface area (Å²) in [5.41, 5.74) is 3.87. The van der Waals surface area contributed by atoms with Gasteiger partial charge in [-0.05, 0) is 36.1 Å². The Balaban J connectivity index is 1.52. The van der Waals surface area contributed by atoms with Crippen molar-refractivity contribution in [2.75, 3.05) is 16.8 Å². The zero-order valence-electron chi connectivity index (χ0n) is 14.7. The average Bonchev–Trinajstić information content (AvgIpc) is 2.66. The smallest absolute Gasteiger partial charge is 0.134 e. The summed E-state index contributed by atoms with van der Waals surface area (Å²) in [5.74, 6) is 2.56. The third-order valence-electron chi connectivity index (χ3n) is 4.70. The molecule has 0 aliphatic carbocycles. The standard InChI is InChI=1S/C21H21ClN4/c1-15-24-20(23-13-17-7-4-5-9-19(17)22)12-21(25-15)26-11-10-16-6-2-3-8-18(16)14-26/h2-9,12H,10-11,13-14H2,1H3,(H,23,24,25). The van der Waals surface area contributed by atoms with Crippen molar-refractivity contribution in [2.24, 2.45) is 0 Å². The van der Waals surface area contributed by atoms with E-state index >= 15 is 0 Å². The van der Waals surface area contributed by atoms with Gasteiger partial charge in [0.1, 0.15) is 17.5 Å². The number of benzene rings is 2. The molecule has 1 aromatic heterocycles. The summed E-state index contributed by atoms with van der Waals surface area (Å²) in [5, 5.41) is 4.14. The number of nitrogens with one attached hydrogen (secondary N) is 1. The highest BCUT2D eigenvalue weighted by Crippen LogP contribution is 2.25. The summed E-state index contributed by atoms with van der Waals surface area (Å²) in [4.78, 5) is 11.5. The van der Waals surface area contributed by atoms with Gasteiger partial charge >= 0.3 is 0 Å². The quantitative estimate of drug-likeness (QED) is 0.733. The van der Waals surface area contributed by atoms with Crippen molar-refractivity contribution in [3.05, 3.63) is 82.1 Å². The summed E-state index contributed by atoms with van der Waals surface area (Å²) in [6, 6.07) is 18.5. The number of halogens is 1. The van der Waals surface area contributed by atoms with Crippen molar-refractivity contribution in [1.29, 1.82) is 0 Å². The Kier molecular flexibility index (Phi) is 4.76. The van der Waals surface area contributed by atoms with Crippen LogP contribution in [0, 0.1) is 6.92 Å². The van der Waals surface area contributed by atoms with Gasteiger partial charge in [0.15, 0.2) is 0 Å². The molecule has 0 bridgehead atoms. The predicted octanol–water partition coefficient (Wildman–Crippen LogP) is 4.61. The Bertz CT molecular complexity index is 925. The zero-order chi connectivity index (χ0) is 17.9. The molecule has 1 aliphatic rings. The zero-order valence-corrected chi connectivity index (χ0v) is 15.5. The Labute approximate surface area is 158 Å². The fraction of sp³-hybridized carbons (Fsp3) is 0.238. The first-order valence-electron chi connectivity index (χ1n) is 8.84. The summed E-state index contributed by atoms with van der Waals surface area (Å²) in [7, 11) is 0. The number of nitrogens with zero attached hydrogens (tertiary/aromatic N) is 3. The van der Waals surface area contributed by atoms with Gasteiger partial charge in [-0.1, -0.05) is 54.1 Å². The van der Waals surface area contributed by atoms with Crippen LogP contribution in [0.5, 0.6) is 0 Å². The number of aryl methyl sites for hydroxylation is 1. The van der Waals surface area contributed by atoms with Crippen molar-refractivity contribution in [2.45, 2.75) is 26.4 Å². The minimum atomic E-state index is 0.637. The van der Waals surface area contributed by atoms with Crippen LogP contribution >= 0.6 is 11.6 Å². The largest absolute Gasteiger partial charge is 0.366 e. The van der Waals surface area contributed by atoms with Gasteiger partial charge < -0.3 is 10.2 Å². The molecule has 4 nitrogen and oxygen atoms in total. The van der Waals surface area contributed by atoms with E-state index in [1.807, 2.05) is 37.3 Å². The highest BCUT2D eigenvalue weighted by atomic mass is 35.5. The summed E-state index contributed by atoms with van der Waals surface area (Å²) >= 11 is 6.24. The SMILES string of the molecule is Cc1nc(NCc2ccccc2Cl)cc(N2CCc3ccccc3C2)n1. The molecule has 1 aliphatic heterocycles. The Hall–Kier alpha value is -2.59. The Morgan fingerprint density at radius 1 is 1.04 bits per heavy atom. The monoisotopic (exact) mass is 364 g/mol. The van der Waals surface area contributed by atoms with E-state index in [4.69, 9.17) is 11.6 Å². The molecule has 0 unspecified atom stereocenters. The number of fused-ring (bicyclic) bond motifs is 1. The number of anilines is 2. The molecule has 0 spiro atoms. The van der Waals surface area contributed by atoms with Gasteiger partial charge in [-0.15, -0.1) is 0 Å². The number of aromatic nitrogens is 2. The van der Waals surface area contributed by atoms with Gasteiger partial charge in [-0.3, -0.25) is 0 Å². The van der Waals surface area contributed by atoms with Crippen molar-refractivity contribution < 1.29 is 0 Å². The fourth-order valence-electron chi connectivity index (χ4n) is 3.32. The molecule has 0 saturated carbocycles. The molecule has 2 aromatic carbocycles. The predicted molar refractivity (Wildman–Crippen MR) is 107 cm³/mol. The van der Waals surface area contributed by atoms with E-state index in [1.54, 1.807) is 0 Å². The second kappa shape index (κ2) is 7.34. The summed E-state index contributed by atoms with van der Waals surface area (Å²) in [6.07, 6.45) is 1.04. The number of hydrogen-bond donors (Lipinski definition) is 1. The molecule has 0 radical (unpaired) electrons. The van der Waals surface area contributed by atoms with E-state index in [0.29, 0.717) is 6.54 Å². The first-order valence-corrected chi connectivity index (χ1v) is 9.21. The van der Waals surface area contributed by atoms with Gasteiger partial charge in [0.2, 0.25) is 0 Å². The summed E-state index contributed by atoms with van der Waals surface area (Å²) < 4.78 is 0. The minimum absolute atomic E-state index is 0.637. The second-order valence-corrected chi connectivity index (χ2v) is 6.95. The van der Waals surface area contributed by atoms with Crippen LogP contribution in [0.3, 0.4) is 0 Å². The lowest BCUT2D eigenvalue weighted by Crippen LogP contribution is -2.31. The van der Waals surface area contributed by atoms with Crippen molar-refractivity contribution in [1.82, 2.24) is 9.97 Å². The molecule has 2 heterocycles. The topological polar surface area (TPSA) is 41.1 Å². The van der Waals surface area contributed by atoms with Gasteiger partial charge in [-0.2, -0.15) is 0 Å². The number of rotatable bonds is 4. The molecular weight excluding hydrogens is 344 g/mol. The molecular formula is C21H21ClN4. The van der Waals surface area contributed by atoms with Gasteiger partial charge in [0.25, 0.3) is 0 Å². The fourth-order valence-corrected chi connectivity index (χ4v) is 3.53. The van der Waals surface area contributed by atoms with E-state index in [-0.39, 0.29) is 0 Å². The lowest BCUT2D eigenvalue weighted by molar-refractivity contribution is 0.717. The third kappa shape index (κ3) is 3.65. The molecule has 4 rings (SSSR count). The van der Waals surface area contributed by atoms with E-state index < -0.39 is 0 Å². The molecule has 26 heavy (non-hydrogen) atoms. The van der Waals surface area contributed by atoms with E-state index in [2.05, 4.69) is 44.5 Å². The van der Waals surface area contributed by atoms with Crippen LogP contribution in [0.25, 0.3) is 0 Å². The lowest BCUT2D eigenvalue weighted by atomic mass is 10.00. The molecule has 132 valence electrons. The van der Waals surface area contributed by atoms with Crippen LogP contribution in [0.15, 0.2) is 54.6 Å². The van der Waals surface area contributed by atoms with Crippen LogP contribution in [0.4, 0.5) is 11.6 Å². The first-order chi connectivity index (χ1) is 12.7. The Morgan fingerprint density at radius 3 is 2.65 bits per heavy atom. The van der Waals surface area contributed by atoms with E-state index in [0.717, 1.165) is 47.6 Å². The van der Waals surface area contributed by atoms with E-state index in [1.165, 1.54) is 11.1 Å². The van der Waals surface area contributed by atoms with E-state index in [9.17, 15) is 0 Å². The maximum atomic E-state index is 6.24. The number of hydrogen-bond acceptors (Lipinski definition) is 4. The van der Waals surface area contributed by atoms with Crippen LogP contribution in [0.1, 0.15) is 22.5 Å². The molecule has 0 saturated heterocycles. The third-order valence-corrected chi connectivity index (χ3v) is 5.07. The normalized spacial score (nSPS) is 13.4. The molecule has 0 fully saturated rings. The van der Waals surface area contributed by atoms with Crippen LogP contribution in [-0.2, 0) is 19.5 Å². The maximum absolute atomic E-state index is 6.24.